The lowest BCUT2D eigenvalue weighted by Gasteiger charge is -2.18. The number of fused-ring (bicyclic) bond motifs is 1. The van der Waals surface area contributed by atoms with E-state index >= 15 is 0 Å². The molecule has 0 saturated heterocycles. The van der Waals surface area contributed by atoms with Crippen molar-refractivity contribution in [1.29, 1.82) is 0 Å². The smallest absolute Gasteiger partial charge is 0.230 e. The van der Waals surface area contributed by atoms with E-state index < -0.39 is 0 Å². The second-order valence-electron chi connectivity index (χ2n) is 8.14. The summed E-state index contributed by atoms with van der Waals surface area (Å²) in [5, 5.41) is 12.5. The predicted octanol–water partition coefficient (Wildman–Crippen LogP) is 4.12. The molecule has 0 bridgehead atoms. The van der Waals surface area contributed by atoms with Gasteiger partial charge in [-0.3, -0.25) is 9.36 Å². The summed E-state index contributed by atoms with van der Waals surface area (Å²) >= 11 is 1.37. The van der Waals surface area contributed by atoms with Gasteiger partial charge in [-0.1, -0.05) is 48.2 Å². The molecule has 1 N–H and O–H groups in total. The monoisotopic (exact) mass is 490 g/mol. The van der Waals surface area contributed by atoms with Crippen molar-refractivity contribution in [2.75, 3.05) is 25.5 Å². The molecular formula is C26H26N4O4S. The lowest BCUT2D eigenvalue weighted by Crippen LogP contribution is -2.27. The van der Waals surface area contributed by atoms with E-state index in [1.54, 1.807) is 6.26 Å². The van der Waals surface area contributed by atoms with Gasteiger partial charge in [0.15, 0.2) is 22.5 Å². The van der Waals surface area contributed by atoms with Crippen LogP contribution in [0.5, 0.6) is 11.5 Å². The molecule has 2 aromatic heterocycles. The number of rotatable bonds is 9. The van der Waals surface area contributed by atoms with Crippen molar-refractivity contribution < 1.29 is 18.7 Å². The third-order valence-electron chi connectivity index (χ3n) is 5.67. The largest absolute Gasteiger partial charge is 0.486 e. The van der Waals surface area contributed by atoms with Gasteiger partial charge in [0, 0.05) is 6.54 Å². The van der Waals surface area contributed by atoms with Crippen molar-refractivity contribution >= 4 is 17.7 Å². The van der Waals surface area contributed by atoms with Crippen LogP contribution in [-0.2, 0) is 17.8 Å². The first-order valence-corrected chi connectivity index (χ1v) is 12.5. The summed E-state index contributed by atoms with van der Waals surface area (Å²) in [5.41, 5.74) is 3.11. The quantitative estimate of drug-likeness (QED) is 0.353. The highest BCUT2D eigenvalue weighted by atomic mass is 32.2. The number of carbonyl (C=O) groups is 1. The molecule has 1 aliphatic rings. The molecule has 1 aliphatic heterocycles. The summed E-state index contributed by atoms with van der Waals surface area (Å²) in [4.78, 5) is 12.5. The van der Waals surface area contributed by atoms with Crippen molar-refractivity contribution in [3.8, 4) is 22.9 Å². The molecule has 0 fully saturated rings. The molecule has 4 aromatic rings. The summed E-state index contributed by atoms with van der Waals surface area (Å²) in [5.74, 6) is 3.23. The lowest BCUT2D eigenvalue weighted by atomic mass is 10.1. The predicted molar refractivity (Wildman–Crippen MR) is 133 cm³/mol. The number of nitrogens with one attached hydrogen (secondary N) is 1. The minimum atomic E-state index is -0.0529. The van der Waals surface area contributed by atoms with Crippen LogP contribution in [-0.4, -0.2) is 46.2 Å². The fourth-order valence-electron chi connectivity index (χ4n) is 3.89. The third kappa shape index (κ3) is 5.51. The molecule has 0 spiro atoms. The molecule has 9 heteroatoms. The summed E-state index contributed by atoms with van der Waals surface area (Å²) in [6, 6.07) is 17.9. The maximum absolute atomic E-state index is 12.5. The number of nitrogens with zero attached hydrogens (tertiary/aromatic N) is 3. The van der Waals surface area contributed by atoms with Crippen LogP contribution in [0.1, 0.15) is 16.9 Å². The molecule has 3 heterocycles. The first-order valence-electron chi connectivity index (χ1n) is 11.5. The maximum Gasteiger partial charge on any atom is 0.230 e. The number of furan rings is 1. The molecule has 0 radical (unpaired) electrons. The van der Waals surface area contributed by atoms with Gasteiger partial charge in [0.25, 0.3) is 0 Å². The molecule has 0 saturated carbocycles. The molecule has 180 valence electrons. The molecule has 0 unspecified atom stereocenters. The number of thioether (sulfide) groups is 1. The van der Waals surface area contributed by atoms with E-state index in [1.165, 1.54) is 11.8 Å². The fourth-order valence-corrected chi connectivity index (χ4v) is 4.66. The summed E-state index contributed by atoms with van der Waals surface area (Å²) < 4.78 is 18.7. The first-order chi connectivity index (χ1) is 17.2. The van der Waals surface area contributed by atoms with Gasteiger partial charge in [-0.05, 0) is 42.7 Å². The summed E-state index contributed by atoms with van der Waals surface area (Å²) in [6.07, 6.45) is 2.36. The number of amides is 1. The average molecular weight is 491 g/mol. The topological polar surface area (TPSA) is 91.4 Å². The zero-order chi connectivity index (χ0) is 24.0. The van der Waals surface area contributed by atoms with Crippen LogP contribution in [0.3, 0.4) is 0 Å². The van der Waals surface area contributed by atoms with E-state index in [1.807, 2.05) is 54.0 Å². The molecule has 2 aromatic carbocycles. The SMILES string of the molecule is Cc1occc1-c1nnc(SCC(=O)NCCc2ccc3c(c2)OCCO3)n1Cc1ccccc1. The Morgan fingerprint density at radius 3 is 2.66 bits per heavy atom. The van der Waals surface area contributed by atoms with E-state index in [4.69, 9.17) is 13.9 Å². The summed E-state index contributed by atoms with van der Waals surface area (Å²) in [6.45, 7) is 4.17. The molecule has 1 amide bonds. The maximum atomic E-state index is 12.5. The normalized spacial score (nSPS) is 12.5. The van der Waals surface area contributed by atoms with E-state index in [9.17, 15) is 4.79 Å². The Balaban J connectivity index is 1.21. The second-order valence-corrected chi connectivity index (χ2v) is 9.08. The Morgan fingerprint density at radius 2 is 1.86 bits per heavy atom. The molecule has 0 atom stereocenters. The van der Waals surface area contributed by atoms with Crippen molar-refractivity contribution in [1.82, 2.24) is 20.1 Å². The third-order valence-corrected chi connectivity index (χ3v) is 6.64. The van der Waals surface area contributed by atoms with Gasteiger partial charge in [-0.15, -0.1) is 10.2 Å². The minimum absolute atomic E-state index is 0.0529. The Hall–Kier alpha value is -3.72. The van der Waals surface area contributed by atoms with Crippen molar-refractivity contribution in [3.63, 3.8) is 0 Å². The van der Waals surface area contributed by atoms with Crippen LogP contribution >= 0.6 is 11.8 Å². The zero-order valence-electron chi connectivity index (χ0n) is 19.4. The molecule has 8 nitrogen and oxygen atoms in total. The highest BCUT2D eigenvalue weighted by molar-refractivity contribution is 7.99. The van der Waals surface area contributed by atoms with Crippen LogP contribution in [0.2, 0.25) is 0 Å². The van der Waals surface area contributed by atoms with Crippen LogP contribution in [0.4, 0.5) is 0 Å². The Labute approximate surface area is 207 Å². The molecule has 5 rings (SSSR count). The molecular weight excluding hydrogens is 464 g/mol. The number of aryl methyl sites for hydroxylation is 1. The Kier molecular flexibility index (Phi) is 7.04. The Morgan fingerprint density at radius 1 is 1.03 bits per heavy atom. The summed E-state index contributed by atoms with van der Waals surface area (Å²) in [7, 11) is 0. The number of hydrogen-bond acceptors (Lipinski definition) is 7. The van der Waals surface area contributed by atoms with Gasteiger partial charge in [0.1, 0.15) is 19.0 Å². The second kappa shape index (κ2) is 10.7. The highest BCUT2D eigenvalue weighted by Crippen LogP contribution is 2.31. The van der Waals surface area contributed by atoms with Gasteiger partial charge in [0.2, 0.25) is 5.91 Å². The molecule has 0 aliphatic carbocycles. The number of aromatic nitrogens is 3. The van der Waals surface area contributed by atoms with E-state index in [0.717, 1.165) is 39.8 Å². The number of ether oxygens (including phenoxy) is 2. The van der Waals surface area contributed by atoms with Crippen LogP contribution in [0.15, 0.2) is 70.4 Å². The van der Waals surface area contributed by atoms with Crippen molar-refractivity contribution in [2.45, 2.75) is 25.0 Å². The van der Waals surface area contributed by atoms with Gasteiger partial charge in [-0.2, -0.15) is 0 Å². The number of hydrogen-bond donors (Lipinski definition) is 1. The number of carbonyl (C=O) groups excluding carboxylic acids is 1. The van der Waals surface area contributed by atoms with Gasteiger partial charge in [0.05, 0.1) is 24.1 Å². The van der Waals surface area contributed by atoms with Crippen LogP contribution in [0, 0.1) is 6.92 Å². The van der Waals surface area contributed by atoms with Crippen molar-refractivity contribution in [2.24, 2.45) is 0 Å². The zero-order valence-corrected chi connectivity index (χ0v) is 20.2. The lowest BCUT2D eigenvalue weighted by molar-refractivity contribution is -0.118. The van der Waals surface area contributed by atoms with Gasteiger partial charge < -0.3 is 19.2 Å². The van der Waals surface area contributed by atoms with Crippen LogP contribution in [0.25, 0.3) is 11.4 Å². The number of benzene rings is 2. The van der Waals surface area contributed by atoms with E-state index in [0.29, 0.717) is 37.9 Å². The fraction of sp³-hybridized carbons (Fsp3) is 0.269. The van der Waals surface area contributed by atoms with Crippen LogP contribution < -0.4 is 14.8 Å². The molecule has 35 heavy (non-hydrogen) atoms. The minimum Gasteiger partial charge on any atom is -0.486 e. The van der Waals surface area contributed by atoms with E-state index in [-0.39, 0.29) is 11.7 Å². The van der Waals surface area contributed by atoms with Crippen molar-refractivity contribution in [3.05, 3.63) is 77.7 Å². The Bertz CT molecular complexity index is 1300. The van der Waals surface area contributed by atoms with Gasteiger partial charge in [-0.25, -0.2) is 0 Å². The van der Waals surface area contributed by atoms with Gasteiger partial charge >= 0.3 is 0 Å². The first kappa shape index (κ1) is 23.0. The highest BCUT2D eigenvalue weighted by Gasteiger charge is 2.19. The standard InChI is InChI=1S/C26H26N4O4S/c1-18-21(10-12-32-18)25-28-29-26(30(25)16-20-5-3-2-4-6-20)35-17-24(31)27-11-9-19-7-8-22-23(15-19)34-14-13-33-22/h2-8,10,12,15H,9,11,13-14,16-17H2,1H3,(H,27,31). The average Bonchev–Trinajstić information content (AvgIpc) is 3.48. The van der Waals surface area contributed by atoms with E-state index in [2.05, 4.69) is 27.6 Å².